The minimum atomic E-state index is -0.960. The number of aliphatic hydroxyl groups excluding tert-OH is 1. The normalized spacial score (nSPS) is 16.3. The third kappa shape index (κ3) is 7.10. The van der Waals surface area contributed by atoms with Crippen molar-refractivity contribution < 1.29 is 15.0 Å². The number of anilines is 1. The van der Waals surface area contributed by atoms with Gasteiger partial charge in [-0.05, 0) is 133 Å². The first-order chi connectivity index (χ1) is 26.8. The predicted molar refractivity (Wildman–Crippen MR) is 235 cm³/mol. The molecule has 0 aliphatic heterocycles. The van der Waals surface area contributed by atoms with Gasteiger partial charge in [-0.2, -0.15) is 0 Å². The summed E-state index contributed by atoms with van der Waals surface area (Å²) in [6.07, 6.45) is 11.5. The molecule has 0 aromatic heterocycles. The standard InChI is InChI=1S/C52H51NO3/c1-51(2)28-27-42-40(31-51)32-52(3,4)49-45(42)25-21-38-30-39(29-37(47(38)49)19-13-34-14-22-41(23-15-34)53(5)6)44-24-20-35-9-7-8-10-43(35)48(44)46(54)26-16-33-11-17-36(18-12-33)50(55)56/h7-12,14-18,20-30,46,54H,13,19,31-32H2,1-6H3,(H,55,56). The summed E-state index contributed by atoms with van der Waals surface area (Å²) >= 11 is 0. The van der Waals surface area contributed by atoms with Crippen molar-refractivity contribution in [2.24, 2.45) is 5.41 Å². The number of fused-ring (bicyclic) bond motifs is 5. The van der Waals surface area contributed by atoms with Gasteiger partial charge in [-0.25, -0.2) is 4.79 Å². The molecule has 0 fully saturated rings. The molecule has 8 rings (SSSR count). The van der Waals surface area contributed by atoms with Crippen LogP contribution in [0.25, 0.3) is 44.3 Å². The predicted octanol–water partition coefficient (Wildman–Crippen LogP) is 12.4. The molecule has 4 heteroatoms. The average molecular weight is 738 g/mol. The number of benzene rings is 6. The van der Waals surface area contributed by atoms with Crippen LogP contribution < -0.4 is 4.90 Å². The zero-order valence-electron chi connectivity index (χ0n) is 33.4. The molecule has 282 valence electrons. The van der Waals surface area contributed by atoms with Crippen LogP contribution in [0.15, 0.2) is 133 Å². The number of hydrogen-bond acceptors (Lipinski definition) is 3. The largest absolute Gasteiger partial charge is 0.478 e. The van der Waals surface area contributed by atoms with Crippen molar-refractivity contribution in [1.82, 2.24) is 0 Å². The Hall–Kier alpha value is -5.71. The molecular weight excluding hydrogens is 687 g/mol. The van der Waals surface area contributed by atoms with Crippen LogP contribution in [0, 0.1) is 5.41 Å². The molecule has 4 nitrogen and oxygen atoms in total. The fourth-order valence-corrected chi connectivity index (χ4v) is 9.17. The summed E-state index contributed by atoms with van der Waals surface area (Å²) in [5.74, 6) is -0.960. The molecule has 0 saturated heterocycles. The van der Waals surface area contributed by atoms with E-state index < -0.39 is 12.1 Å². The minimum absolute atomic E-state index is 0.0453. The van der Waals surface area contributed by atoms with E-state index in [1.54, 1.807) is 29.8 Å². The van der Waals surface area contributed by atoms with Crippen LogP contribution in [0.5, 0.6) is 0 Å². The highest BCUT2D eigenvalue weighted by atomic mass is 16.4. The van der Waals surface area contributed by atoms with Crippen molar-refractivity contribution in [1.29, 1.82) is 0 Å². The summed E-state index contributed by atoms with van der Waals surface area (Å²) in [4.78, 5) is 13.6. The van der Waals surface area contributed by atoms with Gasteiger partial charge in [0.05, 0.1) is 11.7 Å². The first-order valence-corrected chi connectivity index (χ1v) is 19.8. The van der Waals surface area contributed by atoms with E-state index in [0.717, 1.165) is 58.7 Å². The lowest BCUT2D eigenvalue weighted by molar-refractivity contribution is 0.0697. The maximum absolute atomic E-state index is 12.0. The smallest absolute Gasteiger partial charge is 0.335 e. The SMILES string of the molecule is CN(C)c1ccc(CCc2cc(-c3ccc4ccccc4c3C(O)C=Cc3ccc(C(=O)O)cc3)cc3ccc4c(c23)C(C)(C)CC2=C4C=CC(C)(C)C2)cc1. The van der Waals surface area contributed by atoms with Gasteiger partial charge < -0.3 is 15.1 Å². The number of allylic oxidation sites excluding steroid dienone is 4. The number of rotatable bonds is 9. The highest BCUT2D eigenvalue weighted by Gasteiger charge is 2.37. The fourth-order valence-electron chi connectivity index (χ4n) is 9.17. The van der Waals surface area contributed by atoms with E-state index in [0.29, 0.717) is 0 Å². The van der Waals surface area contributed by atoms with Gasteiger partial charge >= 0.3 is 5.97 Å². The Bertz CT molecular complexity index is 2580. The van der Waals surface area contributed by atoms with Crippen molar-refractivity contribution in [3.63, 3.8) is 0 Å². The molecule has 1 unspecified atom stereocenters. The van der Waals surface area contributed by atoms with Gasteiger partial charge in [0.15, 0.2) is 0 Å². The van der Waals surface area contributed by atoms with Crippen LogP contribution in [0.1, 0.15) is 90.4 Å². The Morgan fingerprint density at radius 2 is 1.52 bits per heavy atom. The molecule has 2 N–H and O–H groups in total. The molecule has 0 saturated carbocycles. The summed E-state index contributed by atoms with van der Waals surface area (Å²) in [6, 6.07) is 37.6. The highest BCUT2D eigenvalue weighted by molar-refractivity contribution is 6.01. The van der Waals surface area contributed by atoms with E-state index in [2.05, 4.69) is 132 Å². The second-order valence-corrected chi connectivity index (χ2v) is 17.3. The van der Waals surface area contributed by atoms with Gasteiger partial charge in [0, 0.05) is 25.3 Å². The maximum atomic E-state index is 12.0. The Kier molecular flexibility index (Phi) is 9.58. The summed E-state index contributed by atoms with van der Waals surface area (Å²) in [6.45, 7) is 9.54. The molecule has 0 amide bonds. The molecule has 2 aliphatic rings. The summed E-state index contributed by atoms with van der Waals surface area (Å²) in [5, 5.41) is 26.1. The second kappa shape index (κ2) is 14.4. The summed E-state index contributed by atoms with van der Waals surface area (Å²) in [7, 11) is 4.15. The molecule has 6 aromatic rings. The van der Waals surface area contributed by atoms with Crippen molar-refractivity contribution in [2.45, 2.75) is 64.9 Å². The lowest BCUT2D eigenvalue weighted by atomic mass is 9.63. The number of carbonyl (C=O) groups is 1. The Morgan fingerprint density at radius 1 is 0.804 bits per heavy atom. The number of carboxylic acids is 1. The molecule has 0 heterocycles. The van der Waals surface area contributed by atoms with Gasteiger partial charge in [0.1, 0.15) is 0 Å². The van der Waals surface area contributed by atoms with Crippen LogP contribution in [0.3, 0.4) is 0 Å². The van der Waals surface area contributed by atoms with Crippen molar-refractivity contribution >= 4 is 44.9 Å². The fraction of sp³-hybridized carbons (Fsp3) is 0.250. The number of hydrogen-bond donors (Lipinski definition) is 2. The van der Waals surface area contributed by atoms with Gasteiger partial charge in [-0.3, -0.25) is 0 Å². The van der Waals surface area contributed by atoms with Gasteiger partial charge in [0.2, 0.25) is 0 Å². The number of aliphatic hydroxyl groups is 1. The molecule has 1 atom stereocenters. The summed E-state index contributed by atoms with van der Waals surface area (Å²) < 4.78 is 0. The van der Waals surface area contributed by atoms with Crippen LogP contribution in [-0.4, -0.2) is 30.3 Å². The number of aromatic carboxylic acids is 1. The number of nitrogens with zero attached hydrogens (tertiary/aromatic N) is 1. The molecule has 56 heavy (non-hydrogen) atoms. The van der Waals surface area contributed by atoms with Gasteiger partial charge in [-0.1, -0.05) is 136 Å². The molecule has 6 aromatic carbocycles. The van der Waals surface area contributed by atoms with Crippen LogP contribution in [0.4, 0.5) is 5.69 Å². The van der Waals surface area contributed by atoms with E-state index in [-0.39, 0.29) is 16.4 Å². The van der Waals surface area contributed by atoms with E-state index in [9.17, 15) is 15.0 Å². The first-order valence-electron chi connectivity index (χ1n) is 19.8. The zero-order valence-corrected chi connectivity index (χ0v) is 33.4. The van der Waals surface area contributed by atoms with Crippen molar-refractivity contribution in [3.8, 4) is 11.1 Å². The topological polar surface area (TPSA) is 60.8 Å². The molecule has 0 radical (unpaired) electrons. The maximum Gasteiger partial charge on any atom is 0.335 e. The molecule has 0 bridgehead atoms. The van der Waals surface area contributed by atoms with Crippen LogP contribution in [-0.2, 0) is 18.3 Å². The number of carboxylic acid groups (broad SMARTS) is 1. The van der Waals surface area contributed by atoms with E-state index >= 15 is 0 Å². The van der Waals surface area contributed by atoms with E-state index in [1.165, 1.54) is 44.3 Å². The lowest BCUT2D eigenvalue weighted by Gasteiger charge is -2.40. The Balaban J connectivity index is 1.29. The van der Waals surface area contributed by atoms with Gasteiger partial charge in [0.25, 0.3) is 0 Å². The monoisotopic (exact) mass is 737 g/mol. The second-order valence-electron chi connectivity index (χ2n) is 17.3. The zero-order chi connectivity index (χ0) is 39.4. The molecular formula is C52H51NO3. The van der Waals surface area contributed by atoms with E-state index in [4.69, 9.17) is 0 Å². The molecule has 0 spiro atoms. The third-order valence-electron chi connectivity index (χ3n) is 11.9. The van der Waals surface area contributed by atoms with Gasteiger partial charge in [-0.15, -0.1) is 0 Å². The Labute approximate surface area is 331 Å². The highest BCUT2D eigenvalue weighted by Crippen LogP contribution is 2.52. The molecule has 2 aliphatic carbocycles. The van der Waals surface area contributed by atoms with Crippen LogP contribution in [0.2, 0.25) is 0 Å². The quantitative estimate of drug-likeness (QED) is 0.155. The lowest BCUT2D eigenvalue weighted by Crippen LogP contribution is -2.28. The number of aryl methyl sites for hydroxylation is 2. The Morgan fingerprint density at radius 3 is 2.25 bits per heavy atom. The summed E-state index contributed by atoms with van der Waals surface area (Å²) in [5.41, 5.74) is 13.7. The van der Waals surface area contributed by atoms with Crippen molar-refractivity contribution in [3.05, 3.63) is 172 Å². The third-order valence-corrected chi connectivity index (χ3v) is 11.9. The first kappa shape index (κ1) is 37.2. The minimum Gasteiger partial charge on any atom is -0.478 e. The van der Waals surface area contributed by atoms with E-state index in [1.807, 2.05) is 24.3 Å². The average Bonchev–Trinajstić information content (AvgIpc) is 3.17. The van der Waals surface area contributed by atoms with Crippen molar-refractivity contribution in [2.75, 3.05) is 19.0 Å². The van der Waals surface area contributed by atoms with Crippen LogP contribution >= 0.6 is 0 Å².